The van der Waals surface area contributed by atoms with Crippen LogP contribution < -0.4 is 29.6 Å². The molecule has 0 atom stereocenters. The lowest BCUT2D eigenvalue weighted by atomic mass is 10.2. The van der Waals surface area contributed by atoms with Gasteiger partial charge in [-0.3, -0.25) is 9.59 Å². The fraction of sp³-hybridized carbons (Fsp3) is 0.154. The highest BCUT2D eigenvalue weighted by molar-refractivity contribution is 6.15. The number of fused-ring (bicyclic) bond motifs is 1. The van der Waals surface area contributed by atoms with E-state index in [2.05, 4.69) is 10.6 Å². The summed E-state index contributed by atoms with van der Waals surface area (Å²) in [6, 6.07) is 18.9. The van der Waals surface area contributed by atoms with E-state index < -0.39 is 11.8 Å². The Morgan fingerprint density at radius 3 is 2.20 bits per heavy atom. The molecule has 0 saturated heterocycles. The second-order valence-corrected chi connectivity index (χ2v) is 7.34. The second kappa shape index (κ2) is 10.5. The summed E-state index contributed by atoms with van der Waals surface area (Å²) in [5.74, 6) is 1.10. The molecule has 2 amide bonds. The Morgan fingerprint density at radius 1 is 0.800 bits per heavy atom. The Kier molecular flexibility index (Phi) is 7.06. The highest BCUT2D eigenvalue weighted by Crippen LogP contribution is 2.34. The fourth-order valence-electron chi connectivity index (χ4n) is 3.41. The van der Waals surface area contributed by atoms with Gasteiger partial charge in [-0.1, -0.05) is 12.1 Å². The average Bonchev–Trinajstić information content (AvgIpc) is 3.26. The van der Waals surface area contributed by atoms with E-state index in [9.17, 15) is 9.59 Å². The van der Waals surface area contributed by atoms with Crippen molar-refractivity contribution in [2.45, 2.75) is 0 Å². The highest BCUT2D eigenvalue weighted by atomic mass is 16.5. The molecule has 0 bridgehead atoms. The molecule has 4 rings (SSSR count). The zero-order valence-corrected chi connectivity index (χ0v) is 19.4. The van der Waals surface area contributed by atoms with Crippen molar-refractivity contribution in [2.24, 2.45) is 0 Å². The number of anilines is 2. The average molecular weight is 476 g/mol. The third-order valence-corrected chi connectivity index (χ3v) is 5.15. The molecule has 4 aromatic rings. The largest absolute Gasteiger partial charge is 0.497 e. The topological polar surface area (TPSA) is 108 Å². The van der Waals surface area contributed by atoms with Gasteiger partial charge in [0.25, 0.3) is 11.8 Å². The Morgan fingerprint density at radius 2 is 1.49 bits per heavy atom. The Bertz CT molecular complexity index is 1350. The van der Waals surface area contributed by atoms with Crippen molar-refractivity contribution in [3.8, 4) is 23.0 Å². The minimum atomic E-state index is -0.559. The van der Waals surface area contributed by atoms with Crippen molar-refractivity contribution in [1.29, 1.82) is 0 Å². The van der Waals surface area contributed by atoms with Crippen molar-refractivity contribution < 1.29 is 33.0 Å². The number of para-hydroxylation sites is 1. The molecule has 0 fully saturated rings. The van der Waals surface area contributed by atoms with E-state index in [1.807, 2.05) is 0 Å². The normalized spacial score (nSPS) is 10.5. The molecule has 0 spiro atoms. The summed E-state index contributed by atoms with van der Waals surface area (Å²) in [4.78, 5) is 25.8. The van der Waals surface area contributed by atoms with Crippen LogP contribution in [0.3, 0.4) is 0 Å². The van der Waals surface area contributed by atoms with Gasteiger partial charge >= 0.3 is 0 Å². The SMILES string of the molecule is COc1ccc(OCC(=O)Nc2c(C(=O)Nc3ccc(OC)cc3OC)oc3ccccc23)cc1. The van der Waals surface area contributed by atoms with Gasteiger partial charge in [0.2, 0.25) is 5.76 Å². The first-order valence-electron chi connectivity index (χ1n) is 10.6. The molecule has 9 nitrogen and oxygen atoms in total. The summed E-state index contributed by atoms with van der Waals surface area (Å²) in [7, 11) is 4.59. The maximum absolute atomic E-state index is 13.2. The van der Waals surface area contributed by atoms with Gasteiger partial charge in [0.05, 0.1) is 27.0 Å². The van der Waals surface area contributed by atoms with Crippen molar-refractivity contribution in [3.63, 3.8) is 0 Å². The summed E-state index contributed by atoms with van der Waals surface area (Å²) in [5.41, 5.74) is 1.11. The Labute approximate surface area is 201 Å². The van der Waals surface area contributed by atoms with Crippen LogP contribution in [0.15, 0.2) is 71.1 Å². The Balaban J connectivity index is 1.54. The van der Waals surface area contributed by atoms with Gasteiger partial charge < -0.3 is 34.0 Å². The van der Waals surface area contributed by atoms with Crippen LogP contribution in [-0.2, 0) is 4.79 Å². The number of amides is 2. The molecule has 0 aliphatic heterocycles. The van der Waals surface area contributed by atoms with Crippen LogP contribution in [0.4, 0.5) is 11.4 Å². The number of hydrogen-bond donors (Lipinski definition) is 2. The number of rotatable bonds is 9. The van der Waals surface area contributed by atoms with Gasteiger partial charge in [-0.15, -0.1) is 0 Å². The highest BCUT2D eigenvalue weighted by Gasteiger charge is 2.23. The number of furan rings is 1. The van der Waals surface area contributed by atoms with Crippen LogP contribution >= 0.6 is 0 Å². The number of carbonyl (C=O) groups is 2. The summed E-state index contributed by atoms with van der Waals surface area (Å²) in [6.45, 7) is -0.265. The summed E-state index contributed by atoms with van der Waals surface area (Å²) >= 11 is 0. The first-order chi connectivity index (χ1) is 17.0. The molecule has 0 saturated carbocycles. The van der Waals surface area contributed by atoms with Gasteiger partial charge in [-0.2, -0.15) is 0 Å². The Hall–Kier alpha value is -4.66. The molecular formula is C26H24N2O7. The number of nitrogens with one attached hydrogen (secondary N) is 2. The van der Waals surface area contributed by atoms with Crippen molar-refractivity contribution in [2.75, 3.05) is 38.6 Å². The number of ether oxygens (including phenoxy) is 4. The summed E-state index contributed by atoms with van der Waals surface area (Å²) in [6.07, 6.45) is 0. The quantitative estimate of drug-likeness (QED) is 0.360. The maximum Gasteiger partial charge on any atom is 0.293 e. The molecule has 9 heteroatoms. The first-order valence-corrected chi connectivity index (χ1v) is 10.6. The number of carbonyl (C=O) groups excluding carboxylic acids is 2. The van der Waals surface area contributed by atoms with Crippen LogP contribution in [0.25, 0.3) is 11.0 Å². The van der Waals surface area contributed by atoms with Gasteiger partial charge in [0, 0.05) is 11.5 Å². The third kappa shape index (κ3) is 5.30. The molecule has 3 aromatic carbocycles. The first kappa shape index (κ1) is 23.5. The molecule has 2 N–H and O–H groups in total. The molecule has 1 aromatic heterocycles. The summed E-state index contributed by atoms with van der Waals surface area (Å²) in [5, 5.41) is 6.09. The minimum absolute atomic E-state index is 0.0538. The van der Waals surface area contributed by atoms with Crippen molar-refractivity contribution in [1.82, 2.24) is 0 Å². The molecular weight excluding hydrogens is 452 g/mol. The lowest BCUT2D eigenvalue weighted by Gasteiger charge is -2.12. The van der Waals surface area contributed by atoms with Crippen molar-refractivity contribution in [3.05, 3.63) is 72.5 Å². The molecule has 1 heterocycles. The van der Waals surface area contributed by atoms with E-state index in [0.717, 1.165) is 0 Å². The molecule has 180 valence electrons. The van der Waals surface area contributed by atoms with Crippen LogP contribution in [0.5, 0.6) is 23.0 Å². The monoisotopic (exact) mass is 476 g/mol. The standard InChI is InChI=1S/C26H24N2O7/c1-31-16-8-10-17(11-9-16)34-15-23(29)28-24-19-6-4-5-7-21(19)35-25(24)26(30)27-20-13-12-18(32-2)14-22(20)33-3/h4-14H,15H2,1-3H3,(H,27,30)(H,28,29). The van der Waals surface area contributed by atoms with E-state index >= 15 is 0 Å². The zero-order chi connectivity index (χ0) is 24.8. The van der Waals surface area contributed by atoms with Crippen LogP contribution in [0.2, 0.25) is 0 Å². The van der Waals surface area contributed by atoms with Crippen LogP contribution in [0.1, 0.15) is 10.6 Å². The van der Waals surface area contributed by atoms with Gasteiger partial charge in [0.15, 0.2) is 6.61 Å². The molecule has 0 unspecified atom stereocenters. The number of methoxy groups -OCH3 is 3. The lowest BCUT2D eigenvalue weighted by Crippen LogP contribution is -2.22. The van der Waals surface area contributed by atoms with Gasteiger partial charge in [-0.25, -0.2) is 0 Å². The third-order valence-electron chi connectivity index (χ3n) is 5.15. The molecule has 0 aliphatic carbocycles. The predicted octanol–water partition coefficient (Wildman–Crippen LogP) is 4.73. The summed E-state index contributed by atoms with van der Waals surface area (Å²) < 4.78 is 27.0. The minimum Gasteiger partial charge on any atom is -0.497 e. The maximum atomic E-state index is 13.2. The predicted molar refractivity (Wildman–Crippen MR) is 131 cm³/mol. The van der Waals surface area contributed by atoms with E-state index in [1.54, 1.807) is 73.8 Å². The fourth-order valence-corrected chi connectivity index (χ4v) is 3.41. The van der Waals surface area contributed by atoms with Gasteiger partial charge in [-0.05, 0) is 48.5 Å². The van der Waals surface area contributed by atoms with E-state index in [1.165, 1.54) is 14.2 Å². The van der Waals surface area contributed by atoms with Crippen LogP contribution in [-0.4, -0.2) is 39.8 Å². The zero-order valence-electron chi connectivity index (χ0n) is 19.4. The van der Waals surface area contributed by atoms with Gasteiger partial charge in [0.1, 0.15) is 34.3 Å². The van der Waals surface area contributed by atoms with E-state index in [4.69, 9.17) is 23.4 Å². The number of hydrogen-bond acceptors (Lipinski definition) is 7. The number of benzene rings is 3. The van der Waals surface area contributed by atoms with E-state index in [-0.39, 0.29) is 18.1 Å². The van der Waals surface area contributed by atoms with E-state index in [0.29, 0.717) is 39.7 Å². The molecule has 35 heavy (non-hydrogen) atoms. The van der Waals surface area contributed by atoms with Crippen LogP contribution in [0, 0.1) is 0 Å². The smallest absolute Gasteiger partial charge is 0.293 e. The second-order valence-electron chi connectivity index (χ2n) is 7.34. The lowest BCUT2D eigenvalue weighted by molar-refractivity contribution is -0.118. The molecule has 0 radical (unpaired) electrons. The molecule has 0 aliphatic rings. The van der Waals surface area contributed by atoms with Crippen molar-refractivity contribution >= 4 is 34.2 Å².